The number of rotatable bonds is 9. The second kappa shape index (κ2) is 12.0. The zero-order chi connectivity index (χ0) is 27.2. The second-order valence-electron chi connectivity index (χ2n) is 7.97. The molecule has 2 N–H and O–H groups in total. The molecule has 4 aromatic rings. The third kappa shape index (κ3) is 6.42. The average molecular weight is 599 g/mol. The van der Waals surface area contributed by atoms with Gasteiger partial charge >= 0.3 is 0 Å². The highest BCUT2D eigenvalue weighted by molar-refractivity contribution is 9.10. The van der Waals surface area contributed by atoms with Gasteiger partial charge in [-0.2, -0.15) is 0 Å². The smallest absolute Gasteiger partial charge is 0.273 e. The molecule has 0 unspecified atom stereocenters. The number of thioether (sulfide) groups is 1. The highest BCUT2D eigenvalue weighted by atomic mass is 79.9. The van der Waals surface area contributed by atoms with Gasteiger partial charge in [0.25, 0.3) is 11.6 Å². The van der Waals surface area contributed by atoms with Crippen molar-refractivity contribution in [3.8, 4) is 5.69 Å². The van der Waals surface area contributed by atoms with E-state index in [4.69, 9.17) is 0 Å². The molecule has 1 heterocycles. The van der Waals surface area contributed by atoms with Crippen LogP contribution in [0.15, 0.2) is 76.4 Å². The van der Waals surface area contributed by atoms with Crippen molar-refractivity contribution in [2.24, 2.45) is 0 Å². The van der Waals surface area contributed by atoms with Gasteiger partial charge in [-0.25, -0.2) is 4.39 Å². The Labute approximate surface area is 228 Å². The maximum Gasteiger partial charge on any atom is 0.273 e. The number of nitro benzene ring substituents is 1. The zero-order valence-electron chi connectivity index (χ0n) is 19.9. The summed E-state index contributed by atoms with van der Waals surface area (Å²) in [5.74, 6) is -1.18. The Morgan fingerprint density at radius 1 is 1.11 bits per heavy atom. The molecular formula is C25H20BrFN6O4S. The minimum Gasteiger partial charge on any atom is -0.345 e. The minimum absolute atomic E-state index is 0.0362. The first kappa shape index (κ1) is 26.9. The first-order valence-corrected chi connectivity index (χ1v) is 12.9. The average Bonchev–Trinajstić information content (AvgIpc) is 3.30. The molecule has 13 heteroatoms. The molecule has 1 aromatic heterocycles. The monoisotopic (exact) mass is 598 g/mol. The lowest BCUT2D eigenvalue weighted by Crippen LogP contribution is -2.25. The van der Waals surface area contributed by atoms with Crippen LogP contribution in [-0.4, -0.2) is 37.3 Å². The predicted molar refractivity (Wildman–Crippen MR) is 144 cm³/mol. The summed E-state index contributed by atoms with van der Waals surface area (Å²) in [5.41, 5.74) is 1.19. The number of aromatic nitrogens is 3. The number of carbonyl (C=O) groups excluding carboxylic acids is 2. The van der Waals surface area contributed by atoms with Crippen LogP contribution in [0.25, 0.3) is 5.69 Å². The third-order valence-electron chi connectivity index (χ3n) is 5.34. The van der Waals surface area contributed by atoms with Crippen LogP contribution >= 0.6 is 27.7 Å². The molecule has 0 aliphatic heterocycles. The summed E-state index contributed by atoms with van der Waals surface area (Å²) in [4.78, 5) is 35.9. The van der Waals surface area contributed by atoms with Crippen molar-refractivity contribution in [3.05, 3.63) is 104 Å². The Kier molecular flexibility index (Phi) is 8.48. The maximum atomic E-state index is 13.9. The highest BCUT2D eigenvalue weighted by Crippen LogP contribution is 2.24. The van der Waals surface area contributed by atoms with E-state index in [2.05, 4.69) is 36.8 Å². The van der Waals surface area contributed by atoms with E-state index in [1.165, 1.54) is 36.4 Å². The van der Waals surface area contributed by atoms with Crippen molar-refractivity contribution >= 4 is 50.9 Å². The second-order valence-corrected chi connectivity index (χ2v) is 9.83. The molecule has 2 amide bonds. The van der Waals surface area contributed by atoms with Crippen LogP contribution in [0.2, 0.25) is 0 Å². The Balaban J connectivity index is 1.52. The molecule has 0 saturated heterocycles. The largest absolute Gasteiger partial charge is 0.345 e. The summed E-state index contributed by atoms with van der Waals surface area (Å²) in [6.07, 6.45) is 0. The number of para-hydroxylation sites is 1. The van der Waals surface area contributed by atoms with E-state index in [0.29, 0.717) is 22.2 Å². The van der Waals surface area contributed by atoms with E-state index in [1.54, 1.807) is 17.6 Å². The number of hydrogen-bond acceptors (Lipinski definition) is 7. The number of benzene rings is 3. The zero-order valence-corrected chi connectivity index (χ0v) is 22.3. The lowest BCUT2D eigenvalue weighted by atomic mass is 10.1. The standard InChI is InChI=1S/C25H20BrFN6O4S/c1-15-6-7-16(12-21(15)33(36)37)24(35)28-13-22-30-31-25(32(22)18-10-8-17(26)9-11-18)38-14-23(34)29-20-5-3-2-4-19(20)27/h2-12H,13-14H2,1H3,(H,28,35)(H,29,34). The number of nitrogens with one attached hydrogen (secondary N) is 2. The van der Waals surface area contributed by atoms with Crippen molar-refractivity contribution in [2.75, 3.05) is 11.1 Å². The van der Waals surface area contributed by atoms with E-state index in [-0.39, 0.29) is 29.2 Å². The number of nitrogens with zero attached hydrogens (tertiary/aromatic N) is 4. The number of amides is 2. The van der Waals surface area contributed by atoms with Crippen molar-refractivity contribution in [1.29, 1.82) is 0 Å². The first-order valence-electron chi connectivity index (χ1n) is 11.1. The molecule has 0 spiro atoms. The Bertz CT molecular complexity index is 1510. The normalized spacial score (nSPS) is 10.7. The van der Waals surface area contributed by atoms with E-state index in [0.717, 1.165) is 16.2 Å². The van der Waals surface area contributed by atoms with E-state index in [9.17, 15) is 24.1 Å². The van der Waals surface area contributed by atoms with Crippen LogP contribution in [0.1, 0.15) is 21.7 Å². The molecule has 0 fully saturated rings. The molecule has 0 aliphatic rings. The summed E-state index contributed by atoms with van der Waals surface area (Å²) in [7, 11) is 0. The van der Waals surface area contributed by atoms with Crippen molar-refractivity contribution in [3.63, 3.8) is 0 Å². The van der Waals surface area contributed by atoms with Gasteiger partial charge in [-0.05, 0) is 49.4 Å². The van der Waals surface area contributed by atoms with Crippen LogP contribution in [0.4, 0.5) is 15.8 Å². The van der Waals surface area contributed by atoms with E-state index >= 15 is 0 Å². The van der Waals surface area contributed by atoms with Crippen LogP contribution in [-0.2, 0) is 11.3 Å². The molecule has 0 saturated carbocycles. The van der Waals surface area contributed by atoms with Gasteiger partial charge in [0.15, 0.2) is 11.0 Å². The molecule has 0 aliphatic carbocycles. The van der Waals surface area contributed by atoms with Gasteiger partial charge in [0, 0.05) is 27.4 Å². The number of nitro groups is 1. The van der Waals surface area contributed by atoms with Gasteiger partial charge in [0.1, 0.15) is 5.82 Å². The SMILES string of the molecule is Cc1ccc(C(=O)NCc2nnc(SCC(=O)Nc3ccccc3F)n2-c2ccc(Br)cc2)cc1[N+](=O)[O-]. The molecule has 0 atom stereocenters. The van der Waals surface area contributed by atoms with Crippen LogP contribution in [0.3, 0.4) is 0 Å². The van der Waals surface area contributed by atoms with Gasteiger partial charge < -0.3 is 10.6 Å². The predicted octanol–water partition coefficient (Wildman–Crippen LogP) is 5.05. The number of halogens is 2. The van der Waals surface area contributed by atoms with Crippen LogP contribution in [0, 0.1) is 22.9 Å². The van der Waals surface area contributed by atoms with Crippen molar-refractivity contribution in [2.45, 2.75) is 18.6 Å². The molecular weight excluding hydrogens is 579 g/mol. The molecule has 0 bridgehead atoms. The van der Waals surface area contributed by atoms with Crippen LogP contribution in [0.5, 0.6) is 0 Å². The summed E-state index contributed by atoms with van der Waals surface area (Å²) < 4.78 is 16.4. The minimum atomic E-state index is -0.541. The lowest BCUT2D eigenvalue weighted by Gasteiger charge is -2.12. The highest BCUT2D eigenvalue weighted by Gasteiger charge is 2.19. The van der Waals surface area contributed by atoms with Crippen molar-refractivity contribution < 1.29 is 18.9 Å². The van der Waals surface area contributed by atoms with Gasteiger partial charge in [0.2, 0.25) is 5.91 Å². The molecule has 194 valence electrons. The van der Waals surface area contributed by atoms with Crippen molar-refractivity contribution in [1.82, 2.24) is 20.1 Å². The van der Waals surface area contributed by atoms with Crippen LogP contribution < -0.4 is 10.6 Å². The third-order valence-corrected chi connectivity index (χ3v) is 6.80. The fourth-order valence-corrected chi connectivity index (χ4v) is 4.48. The van der Waals surface area contributed by atoms with Gasteiger partial charge in [-0.1, -0.05) is 45.9 Å². The Hall–Kier alpha value is -4.10. The molecule has 0 radical (unpaired) electrons. The fourth-order valence-electron chi connectivity index (χ4n) is 3.45. The molecule has 10 nitrogen and oxygen atoms in total. The number of aryl methyl sites for hydroxylation is 1. The summed E-state index contributed by atoms with van der Waals surface area (Å²) in [5, 5.41) is 25.2. The quantitative estimate of drug-likeness (QED) is 0.156. The Morgan fingerprint density at radius 3 is 2.55 bits per heavy atom. The summed E-state index contributed by atoms with van der Waals surface area (Å²) >= 11 is 4.49. The molecule has 38 heavy (non-hydrogen) atoms. The number of hydrogen-bond donors (Lipinski definition) is 2. The maximum absolute atomic E-state index is 13.9. The topological polar surface area (TPSA) is 132 Å². The first-order chi connectivity index (χ1) is 18.2. The lowest BCUT2D eigenvalue weighted by molar-refractivity contribution is -0.385. The molecule has 4 rings (SSSR count). The number of anilines is 1. The molecule has 3 aromatic carbocycles. The van der Waals surface area contributed by atoms with Gasteiger partial charge in [-0.15, -0.1) is 10.2 Å². The van der Waals surface area contributed by atoms with Gasteiger partial charge in [-0.3, -0.25) is 24.3 Å². The van der Waals surface area contributed by atoms with E-state index in [1.807, 2.05) is 24.3 Å². The Morgan fingerprint density at radius 2 is 1.84 bits per heavy atom. The fraction of sp³-hybridized carbons (Fsp3) is 0.120. The number of carbonyl (C=O) groups is 2. The summed E-state index contributed by atoms with van der Waals surface area (Å²) in [6.45, 7) is 1.56. The van der Waals surface area contributed by atoms with Gasteiger partial charge in [0.05, 0.1) is 22.9 Å². The van der Waals surface area contributed by atoms with E-state index < -0.39 is 22.6 Å². The summed E-state index contributed by atoms with van der Waals surface area (Å²) in [6, 6.07) is 17.4.